The number of anilines is 3. The Morgan fingerprint density at radius 3 is 2.11 bits per heavy atom. The van der Waals surface area contributed by atoms with Crippen molar-refractivity contribution >= 4 is 64.3 Å². The van der Waals surface area contributed by atoms with Crippen LogP contribution in [0.2, 0.25) is 0 Å². The molecule has 1 aromatic heterocycles. The number of carboxylic acids is 1. The molecule has 2 aromatic carbocycles. The molecular weight excluding hydrogens is 505 g/mol. The van der Waals surface area contributed by atoms with Gasteiger partial charge in [-0.1, -0.05) is 62.4 Å². The van der Waals surface area contributed by atoms with E-state index in [-0.39, 0.29) is 29.6 Å². The Labute approximate surface area is 252 Å². The van der Waals surface area contributed by atoms with Gasteiger partial charge in [0.1, 0.15) is 0 Å². The summed E-state index contributed by atoms with van der Waals surface area (Å²) < 4.78 is 0. The second kappa shape index (κ2) is 11.6. The van der Waals surface area contributed by atoms with E-state index in [2.05, 4.69) is 29.2 Å². The molecule has 2 heterocycles. The zero-order valence-corrected chi connectivity index (χ0v) is 21.8. The SMILES string of the molecule is Nc1cc(C2CCCC2)cnc1N1c2ccc(-c3ccc(C4CCCCC4)cc3)cc2C(Cl)C1C(=O)O.[NaH]. The van der Waals surface area contributed by atoms with Crippen LogP contribution in [-0.4, -0.2) is 51.7 Å². The third kappa shape index (κ3) is 5.11. The molecule has 3 aromatic rings. The van der Waals surface area contributed by atoms with Crippen molar-refractivity contribution in [2.45, 2.75) is 81.0 Å². The zero-order valence-electron chi connectivity index (χ0n) is 21.1. The molecule has 0 bridgehead atoms. The molecule has 1 aliphatic heterocycles. The molecule has 0 spiro atoms. The molecule has 2 saturated carbocycles. The summed E-state index contributed by atoms with van der Waals surface area (Å²) in [4.78, 5) is 18.8. The van der Waals surface area contributed by atoms with Crippen molar-refractivity contribution in [3.05, 3.63) is 71.4 Å². The van der Waals surface area contributed by atoms with Gasteiger partial charge in [-0.15, -0.1) is 11.6 Å². The fraction of sp³-hybridized carbons (Fsp3) is 0.419. The Morgan fingerprint density at radius 2 is 1.47 bits per heavy atom. The number of nitrogens with zero attached hydrogens (tertiary/aromatic N) is 2. The minimum absolute atomic E-state index is 0. The number of hydrogen-bond acceptors (Lipinski definition) is 4. The summed E-state index contributed by atoms with van der Waals surface area (Å²) in [5.74, 6) is 0.620. The molecule has 194 valence electrons. The summed E-state index contributed by atoms with van der Waals surface area (Å²) in [6, 6.07) is 15.9. The first kappa shape index (κ1) is 27.5. The average Bonchev–Trinajstić information content (AvgIpc) is 3.56. The van der Waals surface area contributed by atoms with Gasteiger partial charge in [-0.05, 0) is 83.5 Å². The van der Waals surface area contributed by atoms with Crippen LogP contribution in [0.25, 0.3) is 11.1 Å². The first-order valence-electron chi connectivity index (χ1n) is 13.7. The molecule has 3 N–H and O–H groups in total. The number of alkyl halides is 1. The van der Waals surface area contributed by atoms with E-state index in [1.54, 1.807) is 4.90 Å². The molecule has 2 unspecified atom stereocenters. The number of aliphatic carboxylic acids is 1. The molecule has 2 atom stereocenters. The fourth-order valence-electron chi connectivity index (χ4n) is 6.67. The summed E-state index contributed by atoms with van der Waals surface area (Å²) in [6.45, 7) is 0. The van der Waals surface area contributed by atoms with Crippen molar-refractivity contribution in [1.82, 2.24) is 4.98 Å². The number of aromatic nitrogens is 1. The summed E-state index contributed by atoms with van der Waals surface area (Å²) >= 11 is 6.83. The predicted molar refractivity (Wildman–Crippen MR) is 157 cm³/mol. The second-order valence-corrected chi connectivity index (χ2v) is 11.4. The van der Waals surface area contributed by atoms with Gasteiger partial charge in [0.25, 0.3) is 0 Å². The predicted octanol–water partition coefficient (Wildman–Crippen LogP) is 7.27. The van der Waals surface area contributed by atoms with Crippen LogP contribution in [0.3, 0.4) is 0 Å². The third-order valence-corrected chi connectivity index (χ3v) is 9.16. The van der Waals surface area contributed by atoms with Crippen LogP contribution in [0.1, 0.15) is 91.7 Å². The fourth-order valence-corrected chi connectivity index (χ4v) is 7.06. The van der Waals surface area contributed by atoms with Gasteiger partial charge in [0, 0.05) is 11.9 Å². The van der Waals surface area contributed by atoms with E-state index in [1.807, 2.05) is 30.5 Å². The van der Waals surface area contributed by atoms with Crippen LogP contribution in [0.5, 0.6) is 0 Å². The van der Waals surface area contributed by atoms with Crippen molar-refractivity contribution < 1.29 is 9.90 Å². The van der Waals surface area contributed by atoms with Crippen LogP contribution in [0.15, 0.2) is 54.7 Å². The first-order chi connectivity index (χ1) is 18.0. The van der Waals surface area contributed by atoms with Crippen LogP contribution >= 0.6 is 11.6 Å². The van der Waals surface area contributed by atoms with Gasteiger partial charge in [-0.25, -0.2) is 9.78 Å². The molecule has 6 rings (SSSR count). The average molecular weight is 540 g/mol. The molecule has 0 radical (unpaired) electrons. The van der Waals surface area contributed by atoms with Crippen LogP contribution in [-0.2, 0) is 4.79 Å². The number of nitrogen functional groups attached to an aromatic ring is 1. The first-order valence-corrected chi connectivity index (χ1v) is 14.1. The van der Waals surface area contributed by atoms with Gasteiger partial charge in [0.15, 0.2) is 11.9 Å². The molecule has 7 heteroatoms. The van der Waals surface area contributed by atoms with Crippen LogP contribution in [0, 0.1) is 0 Å². The standard InChI is InChI=1S/C31H34ClN3O2.Na.H/c32-28-25-16-23(22-12-10-21(11-13-22)19-6-2-1-3-7-19)14-15-27(25)35(29(28)31(36)37)30-26(33)17-24(18-34-30)20-8-4-5-9-20;;/h10-20,28-29H,1-9,33H2,(H,36,37);;. The second-order valence-electron chi connectivity index (χ2n) is 10.9. The minimum atomic E-state index is -0.990. The molecule has 0 amide bonds. The Morgan fingerprint density at radius 1 is 0.868 bits per heavy atom. The van der Waals surface area contributed by atoms with Crippen molar-refractivity contribution in [2.24, 2.45) is 0 Å². The van der Waals surface area contributed by atoms with E-state index >= 15 is 0 Å². The molecule has 38 heavy (non-hydrogen) atoms. The van der Waals surface area contributed by atoms with E-state index < -0.39 is 17.4 Å². The Bertz CT molecular complexity index is 1300. The molecular formula is C31H35ClN3NaO2. The van der Waals surface area contributed by atoms with Crippen molar-refractivity contribution in [2.75, 3.05) is 10.6 Å². The monoisotopic (exact) mass is 539 g/mol. The summed E-state index contributed by atoms with van der Waals surface area (Å²) in [6.07, 6.45) is 13.2. The van der Waals surface area contributed by atoms with E-state index in [1.165, 1.54) is 50.5 Å². The molecule has 3 aliphatic rings. The van der Waals surface area contributed by atoms with E-state index in [9.17, 15) is 9.90 Å². The van der Waals surface area contributed by atoms with E-state index in [0.717, 1.165) is 40.8 Å². The van der Waals surface area contributed by atoms with Gasteiger partial charge in [-0.2, -0.15) is 0 Å². The van der Waals surface area contributed by atoms with Crippen molar-refractivity contribution in [1.29, 1.82) is 0 Å². The number of benzene rings is 2. The quantitative estimate of drug-likeness (QED) is 0.263. The van der Waals surface area contributed by atoms with Crippen LogP contribution < -0.4 is 10.6 Å². The van der Waals surface area contributed by atoms with E-state index in [0.29, 0.717) is 23.3 Å². The molecule has 2 fully saturated rings. The number of halogens is 1. The summed E-state index contributed by atoms with van der Waals surface area (Å²) in [5, 5.41) is 9.43. The maximum absolute atomic E-state index is 12.4. The number of nitrogens with two attached hydrogens (primary N) is 1. The zero-order chi connectivity index (χ0) is 25.5. The Balaban J connectivity index is 0.00000294. The van der Waals surface area contributed by atoms with Crippen molar-refractivity contribution in [3.63, 3.8) is 0 Å². The number of hydrogen-bond donors (Lipinski definition) is 2. The number of carboxylic acid groups (broad SMARTS) is 1. The molecule has 5 nitrogen and oxygen atoms in total. The molecule has 0 saturated heterocycles. The number of carbonyl (C=O) groups is 1. The number of rotatable bonds is 5. The van der Waals surface area contributed by atoms with Gasteiger partial charge in [0.2, 0.25) is 0 Å². The summed E-state index contributed by atoms with van der Waals surface area (Å²) in [5.41, 5.74) is 13.2. The topological polar surface area (TPSA) is 79.5 Å². The summed E-state index contributed by atoms with van der Waals surface area (Å²) in [7, 11) is 0. The van der Waals surface area contributed by atoms with Gasteiger partial charge >= 0.3 is 35.5 Å². The van der Waals surface area contributed by atoms with Gasteiger partial charge in [0.05, 0.1) is 11.1 Å². The Hall–Kier alpha value is -2.05. The normalized spacial score (nSPS) is 21.8. The Kier molecular flexibility index (Phi) is 8.39. The number of fused-ring (bicyclic) bond motifs is 1. The third-order valence-electron chi connectivity index (χ3n) is 8.68. The van der Waals surface area contributed by atoms with Gasteiger partial charge < -0.3 is 15.7 Å². The molecule has 2 aliphatic carbocycles. The van der Waals surface area contributed by atoms with Crippen molar-refractivity contribution in [3.8, 4) is 11.1 Å². The maximum atomic E-state index is 12.4. The van der Waals surface area contributed by atoms with Gasteiger partial charge in [-0.3, -0.25) is 0 Å². The van der Waals surface area contributed by atoms with Crippen LogP contribution in [0.4, 0.5) is 17.2 Å². The number of pyridine rings is 1. The van der Waals surface area contributed by atoms with E-state index in [4.69, 9.17) is 17.3 Å².